The molecule has 1 aromatic rings. The van der Waals surface area contributed by atoms with E-state index < -0.39 is 0 Å². The maximum absolute atomic E-state index is 5.18. The SMILES string of the molecule is C#Cc1nn(C)c(C)c1Br. The van der Waals surface area contributed by atoms with Crippen LogP contribution in [0.1, 0.15) is 11.4 Å². The smallest absolute Gasteiger partial charge is 0.149 e. The molecule has 0 N–H and O–H groups in total. The maximum atomic E-state index is 5.18. The molecule has 0 saturated carbocycles. The summed E-state index contributed by atoms with van der Waals surface area (Å²) in [4.78, 5) is 0. The zero-order valence-electron chi connectivity index (χ0n) is 5.85. The maximum Gasteiger partial charge on any atom is 0.149 e. The Labute approximate surface area is 68.4 Å². The molecule has 1 heterocycles. The number of hydrogen-bond acceptors (Lipinski definition) is 1. The molecule has 0 amide bonds. The van der Waals surface area contributed by atoms with Gasteiger partial charge in [0, 0.05) is 7.05 Å². The van der Waals surface area contributed by atoms with E-state index >= 15 is 0 Å². The predicted molar refractivity (Wildman–Crippen MR) is 43.6 cm³/mol. The summed E-state index contributed by atoms with van der Waals surface area (Å²) >= 11 is 3.34. The third-order valence-electron chi connectivity index (χ3n) is 1.40. The minimum atomic E-state index is 0.667. The number of rotatable bonds is 0. The number of nitrogens with zero attached hydrogens (tertiary/aromatic N) is 2. The Morgan fingerprint density at radius 2 is 2.30 bits per heavy atom. The molecule has 0 spiro atoms. The fourth-order valence-electron chi connectivity index (χ4n) is 0.675. The molecule has 0 bridgehead atoms. The highest BCUT2D eigenvalue weighted by Crippen LogP contribution is 2.18. The van der Waals surface area contributed by atoms with E-state index in [1.54, 1.807) is 4.68 Å². The molecule has 3 heteroatoms. The highest BCUT2D eigenvalue weighted by molar-refractivity contribution is 9.10. The number of halogens is 1. The summed E-state index contributed by atoms with van der Waals surface area (Å²) in [5, 5.41) is 4.06. The lowest BCUT2D eigenvalue weighted by Gasteiger charge is -1.89. The molecule has 0 aliphatic heterocycles. The third-order valence-corrected chi connectivity index (χ3v) is 2.35. The molecule has 0 radical (unpaired) electrons. The van der Waals surface area contributed by atoms with Crippen LogP contribution in [0.4, 0.5) is 0 Å². The second kappa shape index (κ2) is 2.47. The van der Waals surface area contributed by atoms with Gasteiger partial charge in [-0.1, -0.05) is 0 Å². The van der Waals surface area contributed by atoms with E-state index in [4.69, 9.17) is 6.42 Å². The van der Waals surface area contributed by atoms with Crippen molar-refractivity contribution in [1.82, 2.24) is 9.78 Å². The molecule has 0 saturated heterocycles. The van der Waals surface area contributed by atoms with Crippen molar-refractivity contribution >= 4 is 15.9 Å². The summed E-state index contributed by atoms with van der Waals surface area (Å²) in [7, 11) is 1.86. The monoisotopic (exact) mass is 198 g/mol. The van der Waals surface area contributed by atoms with Crippen LogP contribution in [0.5, 0.6) is 0 Å². The van der Waals surface area contributed by atoms with Crippen LogP contribution in [0.2, 0.25) is 0 Å². The standard InChI is InChI=1S/C7H7BrN2/c1-4-6-7(8)5(2)10(3)9-6/h1H,2-3H3. The summed E-state index contributed by atoms with van der Waals surface area (Å²) in [6.07, 6.45) is 5.18. The van der Waals surface area contributed by atoms with Gasteiger partial charge in [0.25, 0.3) is 0 Å². The van der Waals surface area contributed by atoms with Gasteiger partial charge in [-0.2, -0.15) is 5.10 Å². The molecule has 52 valence electrons. The fraction of sp³-hybridized carbons (Fsp3) is 0.286. The van der Waals surface area contributed by atoms with E-state index in [9.17, 15) is 0 Å². The van der Waals surface area contributed by atoms with E-state index in [1.165, 1.54) is 0 Å². The van der Waals surface area contributed by atoms with Crippen LogP contribution >= 0.6 is 15.9 Å². The Hall–Kier alpha value is -0.750. The Bertz CT molecular complexity index is 293. The first-order chi connectivity index (χ1) is 4.66. The predicted octanol–water partition coefficient (Wildman–Crippen LogP) is 1.47. The average molecular weight is 199 g/mol. The van der Waals surface area contributed by atoms with Gasteiger partial charge in [-0.25, -0.2) is 0 Å². The van der Waals surface area contributed by atoms with Crippen molar-refractivity contribution in [2.75, 3.05) is 0 Å². The van der Waals surface area contributed by atoms with Gasteiger partial charge in [-0.05, 0) is 28.8 Å². The van der Waals surface area contributed by atoms with E-state index in [0.717, 1.165) is 10.2 Å². The van der Waals surface area contributed by atoms with E-state index in [2.05, 4.69) is 26.9 Å². The van der Waals surface area contributed by atoms with Gasteiger partial charge in [0.1, 0.15) is 5.69 Å². The normalized spacial score (nSPS) is 9.40. The first-order valence-electron chi connectivity index (χ1n) is 2.82. The summed E-state index contributed by atoms with van der Waals surface area (Å²) < 4.78 is 2.66. The molecule has 2 nitrogen and oxygen atoms in total. The molecular weight excluding hydrogens is 192 g/mol. The van der Waals surface area contributed by atoms with Crippen molar-refractivity contribution in [1.29, 1.82) is 0 Å². The Kier molecular flexibility index (Phi) is 1.82. The van der Waals surface area contributed by atoms with Crippen molar-refractivity contribution in [3.8, 4) is 12.3 Å². The molecule has 1 aromatic heterocycles. The summed E-state index contributed by atoms with van der Waals surface area (Å²) in [5.41, 5.74) is 1.72. The molecule has 10 heavy (non-hydrogen) atoms. The van der Waals surface area contributed by atoms with Crippen molar-refractivity contribution < 1.29 is 0 Å². The number of terminal acetylenes is 1. The first-order valence-corrected chi connectivity index (χ1v) is 3.62. The largest absolute Gasteiger partial charge is 0.271 e. The summed E-state index contributed by atoms with van der Waals surface area (Å²) in [6, 6.07) is 0. The lowest BCUT2D eigenvalue weighted by Crippen LogP contribution is -1.92. The van der Waals surface area contributed by atoms with Gasteiger partial charge in [0.15, 0.2) is 0 Å². The van der Waals surface area contributed by atoms with Crippen LogP contribution < -0.4 is 0 Å². The second-order valence-corrected chi connectivity index (χ2v) is 2.81. The minimum Gasteiger partial charge on any atom is -0.271 e. The Morgan fingerprint density at radius 3 is 2.50 bits per heavy atom. The van der Waals surface area contributed by atoms with Crippen LogP contribution in [0.15, 0.2) is 4.47 Å². The highest BCUT2D eigenvalue weighted by atomic mass is 79.9. The molecule has 1 rings (SSSR count). The van der Waals surface area contributed by atoms with Crippen molar-refractivity contribution in [2.24, 2.45) is 7.05 Å². The first kappa shape index (κ1) is 7.36. The fourth-order valence-corrected chi connectivity index (χ4v) is 1.12. The van der Waals surface area contributed by atoms with E-state index in [-0.39, 0.29) is 0 Å². The van der Waals surface area contributed by atoms with Crippen molar-refractivity contribution in [2.45, 2.75) is 6.92 Å². The lowest BCUT2D eigenvalue weighted by atomic mass is 10.4. The summed E-state index contributed by atoms with van der Waals surface area (Å²) in [6.45, 7) is 1.96. The molecule has 0 aliphatic rings. The lowest BCUT2D eigenvalue weighted by molar-refractivity contribution is 0.736. The molecule has 0 aliphatic carbocycles. The molecule has 0 atom stereocenters. The Morgan fingerprint density at radius 1 is 1.70 bits per heavy atom. The number of hydrogen-bond donors (Lipinski definition) is 0. The van der Waals surface area contributed by atoms with E-state index in [0.29, 0.717) is 5.69 Å². The van der Waals surface area contributed by atoms with Crippen molar-refractivity contribution in [3.63, 3.8) is 0 Å². The molecule has 0 fully saturated rings. The molecular formula is C7H7BrN2. The van der Waals surface area contributed by atoms with Crippen LogP contribution in [0, 0.1) is 19.3 Å². The second-order valence-electron chi connectivity index (χ2n) is 2.02. The number of aryl methyl sites for hydroxylation is 1. The molecule has 0 unspecified atom stereocenters. The summed E-state index contributed by atoms with van der Waals surface area (Å²) in [5.74, 6) is 2.48. The Balaban J connectivity index is 3.34. The zero-order chi connectivity index (χ0) is 7.72. The quantitative estimate of drug-likeness (QED) is 0.578. The highest BCUT2D eigenvalue weighted by Gasteiger charge is 2.05. The van der Waals surface area contributed by atoms with Gasteiger partial charge < -0.3 is 0 Å². The third kappa shape index (κ3) is 0.952. The van der Waals surface area contributed by atoms with Gasteiger partial charge in [0.2, 0.25) is 0 Å². The van der Waals surface area contributed by atoms with Gasteiger partial charge >= 0.3 is 0 Å². The number of aromatic nitrogens is 2. The van der Waals surface area contributed by atoms with Crippen LogP contribution in [-0.2, 0) is 7.05 Å². The van der Waals surface area contributed by atoms with Gasteiger partial charge in [-0.15, -0.1) is 6.42 Å². The molecule has 0 aromatic carbocycles. The zero-order valence-corrected chi connectivity index (χ0v) is 7.44. The minimum absolute atomic E-state index is 0.667. The van der Waals surface area contributed by atoms with Gasteiger partial charge in [-0.3, -0.25) is 4.68 Å². The topological polar surface area (TPSA) is 17.8 Å². The van der Waals surface area contributed by atoms with Gasteiger partial charge in [0.05, 0.1) is 10.2 Å². The van der Waals surface area contributed by atoms with Crippen LogP contribution in [0.3, 0.4) is 0 Å². The van der Waals surface area contributed by atoms with E-state index in [1.807, 2.05) is 14.0 Å². The average Bonchev–Trinajstić information content (AvgIpc) is 2.17. The van der Waals surface area contributed by atoms with Crippen molar-refractivity contribution in [3.05, 3.63) is 15.9 Å². The van der Waals surface area contributed by atoms with Crippen LogP contribution in [0.25, 0.3) is 0 Å². The van der Waals surface area contributed by atoms with Crippen LogP contribution in [-0.4, -0.2) is 9.78 Å².